The average Bonchev–Trinajstić information content (AvgIpc) is 3.16. The molecule has 0 fully saturated rings. The van der Waals surface area contributed by atoms with E-state index in [4.69, 9.17) is 0 Å². The molecule has 1 atom stereocenters. The van der Waals surface area contributed by atoms with Gasteiger partial charge in [-0.15, -0.1) is 10.2 Å². The van der Waals surface area contributed by atoms with E-state index in [2.05, 4.69) is 15.5 Å². The standard InChI is InChI=1S/C19H20FN5O/c1-24(2)18(15-4-3-5-16(20)10-15)11-21-19(26)14-6-8-17(9-7-14)25-12-22-23-13-25/h3-10,12-13,18H,11H2,1-2H3,(H,21,26)/t18-/m0/s1. The summed E-state index contributed by atoms with van der Waals surface area (Å²) >= 11 is 0. The maximum absolute atomic E-state index is 13.5. The zero-order valence-corrected chi connectivity index (χ0v) is 14.6. The Morgan fingerprint density at radius 3 is 2.46 bits per heavy atom. The first-order chi connectivity index (χ1) is 12.5. The molecule has 1 N–H and O–H groups in total. The zero-order valence-electron chi connectivity index (χ0n) is 14.6. The number of carbonyl (C=O) groups is 1. The lowest BCUT2D eigenvalue weighted by atomic mass is 10.1. The van der Waals surface area contributed by atoms with Crippen molar-refractivity contribution in [3.8, 4) is 5.69 Å². The number of benzene rings is 2. The summed E-state index contributed by atoms with van der Waals surface area (Å²) in [4.78, 5) is 14.4. The second kappa shape index (κ2) is 7.88. The lowest BCUT2D eigenvalue weighted by molar-refractivity contribution is 0.0942. The van der Waals surface area contributed by atoms with E-state index in [1.807, 2.05) is 37.2 Å². The Bertz CT molecular complexity index is 862. The van der Waals surface area contributed by atoms with Crippen LogP contribution in [0.5, 0.6) is 0 Å². The van der Waals surface area contributed by atoms with Crippen LogP contribution in [-0.4, -0.2) is 46.2 Å². The molecule has 1 heterocycles. The molecular formula is C19H20FN5O. The van der Waals surface area contributed by atoms with Crippen LogP contribution in [-0.2, 0) is 0 Å². The monoisotopic (exact) mass is 353 g/mol. The van der Waals surface area contributed by atoms with Gasteiger partial charge < -0.3 is 10.2 Å². The normalized spacial score (nSPS) is 12.2. The fourth-order valence-corrected chi connectivity index (χ4v) is 2.72. The van der Waals surface area contributed by atoms with Gasteiger partial charge in [-0.05, 0) is 56.1 Å². The SMILES string of the molecule is CN(C)[C@@H](CNC(=O)c1ccc(-n2cnnc2)cc1)c1cccc(F)c1. The number of aromatic nitrogens is 3. The van der Waals surface area contributed by atoms with Crippen molar-refractivity contribution >= 4 is 5.91 Å². The molecule has 6 nitrogen and oxygen atoms in total. The number of nitrogens with one attached hydrogen (secondary N) is 1. The van der Waals surface area contributed by atoms with Gasteiger partial charge in [0.05, 0.1) is 6.04 Å². The van der Waals surface area contributed by atoms with Crippen LogP contribution in [0.25, 0.3) is 5.69 Å². The lowest BCUT2D eigenvalue weighted by Crippen LogP contribution is -2.34. The second-order valence-electron chi connectivity index (χ2n) is 6.16. The molecule has 0 spiro atoms. The minimum atomic E-state index is -0.287. The summed E-state index contributed by atoms with van der Waals surface area (Å²) in [6.45, 7) is 0.377. The molecule has 0 aliphatic carbocycles. The summed E-state index contributed by atoms with van der Waals surface area (Å²) < 4.78 is 15.2. The quantitative estimate of drug-likeness (QED) is 0.739. The Hall–Kier alpha value is -3.06. The van der Waals surface area contributed by atoms with Crippen LogP contribution in [0, 0.1) is 5.82 Å². The maximum Gasteiger partial charge on any atom is 0.251 e. The molecule has 1 amide bonds. The second-order valence-corrected chi connectivity index (χ2v) is 6.16. The molecule has 0 saturated heterocycles. The van der Waals surface area contributed by atoms with Gasteiger partial charge in [0, 0.05) is 17.8 Å². The van der Waals surface area contributed by atoms with Crippen LogP contribution in [0.4, 0.5) is 4.39 Å². The van der Waals surface area contributed by atoms with E-state index >= 15 is 0 Å². The van der Waals surface area contributed by atoms with Crippen molar-refractivity contribution in [1.29, 1.82) is 0 Å². The summed E-state index contributed by atoms with van der Waals surface area (Å²) in [5.41, 5.74) is 2.24. The molecule has 0 aliphatic rings. The summed E-state index contributed by atoms with van der Waals surface area (Å²) in [7, 11) is 3.80. The van der Waals surface area contributed by atoms with Gasteiger partial charge in [-0.1, -0.05) is 12.1 Å². The fourth-order valence-electron chi connectivity index (χ4n) is 2.72. The van der Waals surface area contributed by atoms with Gasteiger partial charge in [0.1, 0.15) is 18.5 Å². The third-order valence-electron chi connectivity index (χ3n) is 4.16. The Kier molecular flexibility index (Phi) is 5.38. The predicted octanol–water partition coefficient (Wildman–Crippen LogP) is 2.44. The number of likely N-dealkylation sites (N-methyl/N-ethyl adjacent to an activating group) is 1. The third kappa shape index (κ3) is 4.12. The van der Waals surface area contributed by atoms with Crippen LogP contribution in [0.15, 0.2) is 61.2 Å². The summed E-state index contributed by atoms with van der Waals surface area (Å²) in [5.74, 6) is -0.464. The van der Waals surface area contributed by atoms with Gasteiger partial charge in [-0.2, -0.15) is 0 Å². The smallest absolute Gasteiger partial charge is 0.251 e. The van der Waals surface area contributed by atoms with E-state index in [1.54, 1.807) is 35.4 Å². The number of carbonyl (C=O) groups excluding carboxylic acids is 1. The van der Waals surface area contributed by atoms with Crippen molar-refractivity contribution in [3.05, 3.63) is 78.1 Å². The first-order valence-corrected chi connectivity index (χ1v) is 8.20. The highest BCUT2D eigenvalue weighted by Crippen LogP contribution is 2.18. The van der Waals surface area contributed by atoms with Crippen molar-refractivity contribution in [3.63, 3.8) is 0 Å². The van der Waals surface area contributed by atoms with Crippen molar-refractivity contribution in [1.82, 2.24) is 25.0 Å². The van der Waals surface area contributed by atoms with E-state index in [0.29, 0.717) is 12.1 Å². The predicted molar refractivity (Wildman–Crippen MR) is 96.5 cm³/mol. The Balaban J connectivity index is 1.67. The highest BCUT2D eigenvalue weighted by molar-refractivity contribution is 5.94. The topological polar surface area (TPSA) is 63.1 Å². The summed E-state index contributed by atoms with van der Waals surface area (Å²) in [6, 6.07) is 13.5. The van der Waals surface area contributed by atoms with Gasteiger partial charge in [-0.3, -0.25) is 9.36 Å². The van der Waals surface area contributed by atoms with Crippen LogP contribution in [0.2, 0.25) is 0 Å². The molecule has 134 valence electrons. The fraction of sp³-hybridized carbons (Fsp3) is 0.211. The summed E-state index contributed by atoms with van der Waals surface area (Å²) in [6.07, 6.45) is 3.19. The van der Waals surface area contributed by atoms with Crippen LogP contribution >= 0.6 is 0 Å². The molecule has 0 unspecified atom stereocenters. The Morgan fingerprint density at radius 2 is 1.85 bits per heavy atom. The highest BCUT2D eigenvalue weighted by Gasteiger charge is 2.16. The van der Waals surface area contributed by atoms with Crippen LogP contribution in [0.3, 0.4) is 0 Å². The molecule has 1 aromatic heterocycles. The van der Waals surface area contributed by atoms with E-state index in [9.17, 15) is 9.18 Å². The number of rotatable bonds is 6. The average molecular weight is 353 g/mol. The van der Waals surface area contributed by atoms with Gasteiger partial charge in [-0.25, -0.2) is 4.39 Å². The van der Waals surface area contributed by atoms with Crippen LogP contribution < -0.4 is 5.32 Å². The van der Waals surface area contributed by atoms with Crippen LogP contribution in [0.1, 0.15) is 22.0 Å². The molecule has 0 bridgehead atoms. The molecule has 26 heavy (non-hydrogen) atoms. The molecule has 2 aromatic carbocycles. The first-order valence-electron chi connectivity index (χ1n) is 8.20. The molecule has 3 aromatic rings. The minimum Gasteiger partial charge on any atom is -0.350 e. The Labute approximate surface area is 151 Å². The zero-order chi connectivity index (χ0) is 18.5. The van der Waals surface area contributed by atoms with E-state index in [0.717, 1.165) is 11.3 Å². The van der Waals surface area contributed by atoms with Crippen molar-refractivity contribution in [2.45, 2.75) is 6.04 Å². The van der Waals surface area contributed by atoms with Gasteiger partial charge in [0.15, 0.2) is 0 Å². The molecule has 0 saturated carbocycles. The lowest BCUT2D eigenvalue weighted by Gasteiger charge is -2.25. The van der Waals surface area contributed by atoms with E-state index in [1.165, 1.54) is 12.1 Å². The largest absolute Gasteiger partial charge is 0.350 e. The minimum absolute atomic E-state index is 0.119. The molecule has 7 heteroatoms. The van der Waals surface area contributed by atoms with Gasteiger partial charge in [0.25, 0.3) is 5.91 Å². The first kappa shape index (κ1) is 17.8. The number of hydrogen-bond acceptors (Lipinski definition) is 4. The molecule has 0 radical (unpaired) electrons. The Morgan fingerprint density at radius 1 is 1.15 bits per heavy atom. The van der Waals surface area contributed by atoms with Crippen molar-refractivity contribution in [2.75, 3.05) is 20.6 Å². The van der Waals surface area contributed by atoms with E-state index < -0.39 is 0 Å². The number of amides is 1. The third-order valence-corrected chi connectivity index (χ3v) is 4.16. The molecule has 0 aliphatic heterocycles. The summed E-state index contributed by atoms with van der Waals surface area (Å²) in [5, 5.41) is 10.4. The van der Waals surface area contributed by atoms with Crippen molar-refractivity contribution < 1.29 is 9.18 Å². The maximum atomic E-state index is 13.5. The number of hydrogen-bond donors (Lipinski definition) is 1. The van der Waals surface area contributed by atoms with E-state index in [-0.39, 0.29) is 17.8 Å². The number of nitrogens with zero attached hydrogens (tertiary/aromatic N) is 4. The highest BCUT2D eigenvalue weighted by atomic mass is 19.1. The van der Waals surface area contributed by atoms with Gasteiger partial charge in [0.2, 0.25) is 0 Å². The number of halogens is 1. The molecule has 3 rings (SSSR count). The van der Waals surface area contributed by atoms with Gasteiger partial charge >= 0.3 is 0 Å². The molecular weight excluding hydrogens is 333 g/mol. The van der Waals surface area contributed by atoms with Crippen molar-refractivity contribution in [2.24, 2.45) is 0 Å².